The summed E-state index contributed by atoms with van der Waals surface area (Å²) in [6.45, 7) is 0. The van der Waals surface area contributed by atoms with Gasteiger partial charge in [0.25, 0.3) is 0 Å². The fourth-order valence-electron chi connectivity index (χ4n) is 12.3. The summed E-state index contributed by atoms with van der Waals surface area (Å²) in [5.41, 5.74) is 23.5. The molecular weight excluding hydrogens is 763 g/mol. The van der Waals surface area contributed by atoms with Crippen molar-refractivity contribution in [1.82, 2.24) is 4.57 Å². The maximum atomic E-state index is 6.55. The molecule has 2 aromatic heterocycles. The van der Waals surface area contributed by atoms with Gasteiger partial charge in [-0.3, -0.25) is 0 Å². The van der Waals surface area contributed by atoms with Crippen molar-refractivity contribution in [2.45, 2.75) is 43.4 Å². The van der Waals surface area contributed by atoms with Gasteiger partial charge in [0.2, 0.25) is 0 Å². The predicted molar refractivity (Wildman–Crippen MR) is 261 cm³/mol. The Labute approximate surface area is 366 Å². The molecule has 1 fully saturated rings. The standard InChI is InChI=1S/C61H43NO/c1-2-14-37(15-3-1)39-17-10-18-40(36-39)62-53-27-8-6-21-51(53)60-54(62)35-34-50-44(46-25-12-24-45-42-20-5-4-19-41(42)43-32-33-49(43)58(45)46)31-30-38-16-11-23-47(57(38)61(50)60)48-26-13-29-56-59(48)52-22-7-9-28-55(52)63-56/h1-29,34-36,43-44,49H,30-33H2. The van der Waals surface area contributed by atoms with Crippen molar-refractivity contribution in [3.63, 3.8) is 0 Å². The van der Waals surface area contributed by atoms with Crippen LogP contribution >= 0.6 is 0 Å². The highest BCUT2D eigenvalue weighted by Crippen LogP contribution is 2.60. The average molecular weight is 806 g/mol. The maximum absolute atomic E-state index is 6.55. The Morgan fingerprint density at radius 1 is 0.413 bits per heavy atom. The molecule has 3 atom stereocenters. The van der Waals surface area contributed by atoms with E-state index >= 15 is 0 Å². The minimum Gasteiger partial charge on any atom is -0.456 e. The van der Waals surface area contributed by atoms with Crippen molar-refractivity contribution >= 4 is 43.7 Å². The largest absolute Gasteiger partial charge is 0.456 e. The Morgan fingerprint density at radius 2 is 1.11 bits per heavy atom. The quantitative estimate of drug-likeness (QED) is 0.173. The average Bonchev–Trinajstić information content (AvgIpc) is 3.82. The highest BCUT2D eigenvalue weighted by Gasteiger charge is 2.42. The SMILES string of the molecule is c1ccc(-c2cccc(-n3c4ccccc4c4c5c(ccc43)C(c3cccc4c3C3CCC3c3ccccc3-4)CCc3cccc(-c4cccc6oc7ccccc7c46)c3-5)c2)cc1. The van der Waals surface area contributed by atoms with Crippen LogP contribution in [0, 0.1) is 0 Å². The lowest BCUT2D eigenvalue weighted by Crippen LogP contribution is -2.28. The van der Waals surface area contributed by atoms with Crippen molar-refractivity contribution in [3.05, 3.63) is 222 Å². The molecule has 0 radical (unpaired) electrons. The lowest BCUT2D eigenvalue weighted by Gasteiger charge is -2.45. The molecule has 298 valence electrons. The highest BCUT2D eigenvalue weighted by molar-refractivity contribution is 6.20. The summed E-state index contributed by atoms with van der Waals surface area (Å²) in [6.07, 6.45) is 4.55. The zero-order valence-corrected chi connectivity index (χ0v) is 34.9. The summed E-state index contributed by atoms with van der Waals surface area (Å²) in [5.74, 6) is 1.38. The van der Waals surface area contributed by atoms with Gasteiger partial charge in [0, 0.05) is 33.2 Å². The van der Waals surface area contributed by atoms with Crippen LogP contribution in [0.1, 0.15) is 64.8 Å². The Balaban J connectivity index is 1.09. The fraction of sp³-hybridized carbons (Fsp3) is 0.115. The third-order valence-corrected chi connectivity index (χ3v) is 15.1. The van der Waals surface area contributed by atoms with Crippen LogP contribution in [0.5, 0.6) is 0 Å². The van der Waals surface area contributed by atoms with E-state index in [9.17, 15) is 0 Å². The van der Waals surface area contributed by atoms with Crippen LogP contribution in [0.25, 0.3) is 93.9 Å². The second-order valence-electron chi connectivity index (χ2n) is 18.1. The summed E-state index contributed by atoms with van der Waals surface area (Å²) in [4.78, 5) is 0. The second-order valence-corrected chi connectivity index (χ2v) is 18.1. The van der Waals surface area contributed by atoms with E-state index in [0.717, 1.165) is 29.4 Å². The first-order chi connectivity index (χ1) is 31.3. The molecule has 3 aliphatic carbocycles. The van der Waals surface area contributed by atoms with Crippen molar-refractivity contribution in [1.29, 1.82) is 0 Å². The molecule has 3 unspecified atom stereocenters. The lowest BCUT2D eigenvalue weighted by molar-refractivity contribution is 0.340. The number of hydrogen-bond donors (Lipinski definition) is 0. The van der Waals surface area contributed by atoms with Gasteiger partial charge in [-0.1, -0.05) is 158 Å². The molecule has 9 aromatic carbocycles. The lowest BCUT2D eigenvalue weighted by atomic mass is 9.59. The normalized spacial score (nSPS) is 17.4. The molecular formula is C61H43NO. The van der Waals surface area contributed by atoms with Crippen LogP contribution in [0.4, 0.5) is 0 Å². The van der Waals surface area contributed by atoms with Crippen LogP contribution in [0.15, 0.2) is 199 Å². The topological polar surface area (TPSA) is 18.1 Å². The van der Waals surface area contributed by atoms with Crippen LogP contribution in [-0.2, 0) is 6.42 Å². The van der Waals surface area contributed by atoms with E-state index in [4.69, 9.17) is 4.42 Å². The van der Waals surface area contributed by atoms with Gasteiger partial charge < -0.3 is 8.98 Å². The van der Waals surface area contributed by atoms with E-state index in [1.807, 2.05) is 0 Å². The third kappa shape index (κ3) is 5.07. The van der Waals surface area contributed by atoms with Crippen molar-refractivity contribution in [3.8, 4) is 50.2 Å². The Morgan fingerprint density at radius 3 is 2.03 bits per heavy atom. The minimum absolute atomic E-state index is 0.222. The Hall–Kier alpha value is -7.42. The zero-order valence-electron chi connectivity index (χ0n) is 34.9. The number of rotatable bonds is 4. The van der Waals surface area contributed by atoms with Crippen molar-refractivity contribution in [2.75, 3.05) is 0 Å². The molecule has 2 heterocycles. The summed E-state index contributed by atoms with van der Waals surface area (Å²) in [5, 5.41) is 4.95. The Bertz CT molecular complexity index is 3660. The van der Waals surface area contributed by atoms with Gasteiger partial charge >= 0.3 is 0 Å². The number of aromatic nitrogens is 1. The monoisotopic (exact) mass is 805 g/mol. The van der Waals surface area contributed by atoms with E-state index in [1.54, 1.807) is 11.1 Å². The molecule has 0 bridgehead atoms. The molecule has 3 aliphatic rings. The summed E-state index contributed by atoms with van der Waals surface area (Å²) >= 11 is 0. The van der Waals surface area contributed by atoms with Crippen LogP contribution in [0.3, 0.4) is 0 Å². The molecule has 0 spiro atoms. The molecule has 1 saturated carbocycles. The highest BCUT2D eigenvalue weighted by atomic mass is 16.3. The molecule has 0 N–H and O–H groups in total. The molecule has 0 saturated heterocycles. The first-order valence-electron chi connectivity index (χ1n) is 22.8. The predicted octanol–water partition coefficient (Wildman–Crippen LogP) is 16.4. The van der Waals surface area contributed by atoms with Gasteiger partial charge in [-0.2, -0.15) is 0 Å². The number of nitrogens with zero attached hydrogens (tertiary/aromatic N) is 1. The third-order valence-electron chi connectivity index (χ3n) is 15.1. The maximum Gasteiger partial charge on any atom is 0.136 e. The number of benzene rings is 9. The van der Waals surface area contributed by atoms with E-state index in [1.165, 1.54) is 107 Å². The molecule has 2 nitrogen and oxygen atoms in total. The van der Waals surface area contributed by atoms with Gasteiger partial charge in [0.1, 0.15) is 11.2 Å². The smallest absolute Gasteiger partial charge is 0.136 e. The van der Waals surface area contributed by atoms with Gasteiger partial charge in [0.15, 0.2) is 0 Å². The van der Waals surface area contributed by atoms with E-state index in [-0.39, 0.29) is 5.92 Å². The van der Waals surface area contributed by atoms with E-state index in [2.05, 4.69) is 199 Å². The molecule has 0 amide bonds. The summed E-state index contributed by atoms with van der Waals surface area (Å²) in [6, 6.07) is 72.7. The van der Waals surface area contributed by atoms with E-state index < -0.39 is 0 Å². The van der Waals surface area contributed by atoms with Gasteiger partial charge in [0.05, 0.1) is 11.0 Å². The second kappa shape index (κ2) is 13.5. The number of aryl methyl sites for hydroxylation is 1. The Kier molecular flexibility index (Phi) is 7.57. The summed E-state index contributed by atoms with van der Waals surface area (Å²) in [7, 11) is 0. The number of hydrogen-bond acceptors (Lipinski definition) is 1. The van der Waals surface area contributed by atoms with Crippen LogP contribution < -0.4 is 0 Å². The minimum atomic E-state index is 0.222. The number of furan rings is 1. The molecule has 2 heteroatoms. The number of para-hydroxylation sites is 2. The molecule has 0 aliphatic heterocycles. The first-order valence-corrected chi connectivity index (χ1v) is 22.8. The zero-order chi connectivity index (χ0) is 41.2. The van der Waals surface area contributed by atoms with Gasteiger partial charge in [-0.25, -0.2) is 0 Å². The first kappa shape index (κ1) is 35.2. The van der Waals surface area contributed by atoms with Gasteiger partial charge in [-0.15, -0.1) is 0 Å². The number of fused-ring (bicyclic) bond motifs is 16. The summed E-state index contributed by atoms with van der Waals surface area (Å²) < 4.78 is 9.07. The molecule has 63 heavy (non-hydrogen) atoms. The fourth-order valence-corrected chi connectivity index (χ4v) is 12.3. The van der Waals surface area contributed by atoms with Crippen LogP contribution in [0.2, 0.25) is 0 Å². The van der Waals surface area contributed by atoms with E-state index in [0.29, 0.717) is 11.8 Å². The molecule has 14 rings (SSSR count). The van der Waals surface area contributed by atoms with Gasteiger partial charge in [-0.05, 0) is 146 Å². The van der Waals surface area contributed by atoms with Crippen molar-refractivity contribution in [2.24, 2.45) is 0 Å². The van der Waals surface area contributed by atoms with Crippen molar-refractivity contribution < 1.29 is 4.42 Å². The van der Waals surface area contributed by atoms with Crippen LogP contribution in [-0.4, -0.2) is 4.57 Å². The molecule has 11 aromatic rings.